The van der Waals surface area contributed by atoms with Gasteiger partial charge in [-0.2, -0.15) is 0 Å². The highest BCUT2D eigenvalue weighted by Crippen LogP contribution is 2.31. The molecule has 0 aliphatic heterocycles. The number of carbonyl (C=O) groups is 1. The second-order valence-corrected chi connectivity index (χ2v) is 7.16. The Labute approximate surface area is 109 Å². The van der Waals surface area contributed by atoms with Crippen LogP contribution in [-0.2, 0) is 0 Å². The Bertz CT molecular complexity index is 388. The molecule has 2 rings (SSSR count). The summed E-state index contributed by atoms with van der Waals surface area (Å²) in [5.74, 6) is 0.0724. The van der Waals surface area contributed by atoms with E-state index in [9.17, 15) is 4.79 Å². The molecule has 1 aliphatic rings. The SMILES string of the molecule is Cc1cc(C(=O)NC2(C)CCCC2)sc1Br. The van der Waals surface area contributed by atoms with Gasteiger partial charge in [-0.1, -0.05) is 12.8 Å². The van der Waals surface area contributed by atoms with Crippen molar-refractivity contribution in [3.8, 4) is 0 Å². The average molecular weight is 302 g/mol. The summed E-state index contributed by atoms with van der Waals surface area (Å²) in [5, 5.41) is 3.16. The Kier molecular flexibility index (Phi) is 3.40. The van der Waals surface area contributed by atoms with E-state index in [1.54, 1.807) is 0 Å². The monoisotopic (exact) mass is 301 g/mol. The molecule has 1 aliphatic carbocycles. The van der Waals surface area contributed by atoms with Crippen molar-refractivity contribution in [1.29, 1.82) is 0 Å². The predicted molar refractivity (Wildman–Crippen MR) is 71.1 cm³/mol. The maximum Gasteiger partial charge on any atom is 0.261 e. The molecule has 1 N–H and O–H groups in total. The zero-order valence-electron chi connectivity index (χ0n) is 9.60. The van der Waals surface area contributed by atoms with Crippen molar-refractivity contribution >= 4 is 33.2 Å². The minimum absolute atomic E-state index is 0.0153. The summed E-state index contributed by atoms with van der Waals surface area (Å²) in [4.78, 5) is 12.9. The molecule has 2 nitrogen and oxygen atoms in total. The molecule has 1 amide bonds. The van der Waals surface area contributed by atoms with E-state index in [4.69, 9.17) is 0 Å². The lowest BCUT2D eigenvalue weighted by atomic mass is 10.0. The van der Waals surface area contributed by atoms with E-state index >= 15 is 0 Å². The molecular formula is C12H16BrNOS. The highest BCUT2D eigenvalue weighted by Gasteiger charge is 2.30. The fourth-order valence-corrected chi connectivity index (χ4v) is 3.62. The molecule has 1 aromatic heterocycles. The Hall–Kier alpha value is -0.350. The van der Waals surface area contributed by atoms with E-state index in [0.717, 1.165) is 27.1 Å². The van der Waals surface area contributed by atoms with Gasteiger partial charge < -0.3 is 5.32 Å². The lowest BCUT2D eigenvalue weighted by Gasteiger charge is -2.24. The number of halogens is 1. The molecule has 0 unspecified atom stereocenters. The standard InChI is InChI=1S/C12H16BrNOS/c1-8-7-9(16-10(8)13)11(15)14-12(2)5-3-4-6-12/h7H,3-6H2,1-2H3,(H,14,15). The van der Waals surface area contributed by atoms with E-state index in [1.165, 1.54) is 24.2 Å². The highest BCUT2D eigenvalue weighted by molar-refractivity contribution is 9.11. The molecular weight excluding hydrogens is 286 g/mol. The van der Waals surface area contributed by atoms with Gasteiger partial charge >= 0.3 is 0 Å². The maximum absolute atomic E-state index is 12.0. The van der Waals surface area contributed by atoms with Crippen LogP contribution in [0, 0.1) is 6.92 Å². The zero-order chi connectivity index (χ0) is 11.8. The third-order valence-corrected chi connectivity index (χ3v) is 5.34. The van der Waals surface area contributed by atoms with E-state index in [0.29, 0.717) is 0 Å². The van der Waals surface area contributed by atoms with Crippen LogP contribution in [-0.4, -0.2) is 11.4 Å². The predicted octanol–water partition coefficient (Wildman–Crippen LogP) is 3.88. The first-order valence-electron chi connectivity index (χ1n) is 5.59. The third kappa shape index (κ3) is 2.48. The first kappa shape index (κ1) is 12.1. The summed E-state index contributed by atoms with van der Waals surface area (Å²) in [6.07, 6.45) is 4.66. The summed E-state index contributed by atoms with van der Waals surface area (Å²) in [6.45, 7) is 4.15. The van der Waals surface area contributed by atoms with Gasteiger partial charge in [0.1, 0.15) is 0 Å². The summed E-state index contributed by atoms with van der Waals surface area (Å²) in [5.41, 5.74) is 1.15. The lowest BCUT2D eigenvalue weighted by molar-refractivity contribution is 0.0912. The summed E-state index contributed by atoms with van der Waals surface area (Å²) in [6, 6.07) is 1.95. The number of amides is 1. The lowest BCUT2D eigenvalue weighted by Crippen LogP contribution is -2.43. The van der Waals surface area contributed by atoms with Gasteiger partial charge in [-0.25, -0.2) is 0 Å². The van der Waals surface area contributed by atoms with E-state index in [1.807, 2.05) is 13.0 Å². The number of hydrogen-bond donors (Lipinski definition) is 1. The van der Waals surface area contributed by atoms with Gasteiger partial charge in [-0.15, -0.1) is 11.3 Å². The number of hydrogen-bond acceptors (Lipinski definition) is 2. The van der Waals surface area contributed by atoms with E-state index in [2.05, 4.69) is 28.2 Å². The third-order valence-electron chi connectivity index (χ3n) is 3.20. The second-order valence-electron chi connectivity index (χ2n) is 4.79. The summed E-state index contributed by atoms with van der Waals surface area (Å²) in [7, 11) is 0. The van der Waals surface area contributed by atoms with Gasteiger partial charge in [0.2, 0.25) is 0 Å². The van der Waals surface area contributed by atoms with Crippen molar-refractivity contribution in [2.75, 3.05) is 0 Å². The molecule has 0 spiro atoms. The van der Waals surface area contributed by atoms with Crippen molar-refractivity contribution in [1.82, 2.24) is 5.32 Å². The van der Waals surface area contributed by atoms with Crippen molar-refractivity contribution in [3.63, 3.8) is 0 Å². The van der Waals surface area contributed by atoms with E-state index in [-0.39, 0.29) is 11.4 Å². The summed E-state index contributed by atoms with van der Waals surface area (Å²) < 4.78 is 1.05. The normalized spacial score (nSPS) is 18.7. The fourth-order valence-electron chi connectivity index (χ4n) is 2.19. The van der Waals surface area contributed by atoms with Crippen LogP contribution in [0.3, 0.4) is 0 Å². The van der Waals surface area contributed by atoms with Crippen LogP contribution >= 0.6 is 27.3 Å². The Morgan fingerprint density at radius 2 is 2.12 bits per heavy atom. The molecule has 1 fully saturated rings. The Balaban J connectivity index is 2.08. The Morgan fingerprint density at radius 1 is 1.50 bits per heavy atom. The highest BCUT2D eigenvalue weighted by atomic mass is 79.9. The quantitative estimate of drug-likeness (QED) is 0.882. The largest absolute Gasteiger partial charge is 0.346 e. The van der Waals surface area contributed by atoms with Crippen LogP contribution in [0.25, 0.3) is 0 Å². The van der Waals surface area contributed by atoms with Crippen LogP contribution in [0.5, 0.6) is 0 Å². The van der Waals surface area contributed by atoms with Crippen LogP contribution in [0.15, 0.2) is 9.85 Å². The van der Waals surface area contributed by atoms with Crippen molar-refractivity contribution in [3.05, 3.63) is 20.3 Å². The van der Waals surface area contributed by atoms with Gasteiger partial charge in [0.15, 0.2) is 0 Å². The number of nitrogens with one attached hydrogen (secondary N) is 1. The molecule has 1 aromatic rings. The first-order chi connectivity index (χ1) is 7.50. The molecule has 1 heterocycles. The van der Waals surface area contributed by atoms with Crippen LogP contribution in [0.2, 0.25) is 0 Å². The van der Waals surface area contributed by atoms with E-state index < -0.39 is 0 Å². The van der Waals surface area contributed by atoms with Gasteiger partial charge in [0, 0.05) is 5.54 Å². The smallest absolute Gasteiger partial charge is 0.261 e. The zero-order valence-corrected chi connectivity index (χ0v) is 12.0. The van der Waals surface area contributed by atoms with Gasteiger partial charge in [-0.3, -0.25) is 4.79 Å². The second kappa shape index (κ2) is 4.49. The molecule has 0 bridgehead atoms. The van der Waals surface area contributed by atoms with Crippen molar-refractivity contribution in [2.45, 2.75) is 45.1 Å². The van der Waals surface area contributed by atoms with Crippen LogP contribution < -0.4 is 5.32 Å². The fraction of sp³-hybridized carbons (Fsp3) is 0.583. The molecule has 1 saturated carbocycles. The molecule has 0 radical (unpaired) electrons. The number of thiophene rings is 1. The average Bonchev–Trinajstić information content (AvgIpc) is 2.75. The van der Waals surface area contributed by atoms with Gasteiger partial charge in [0.25, 0.3) is 5.91 Å². The van der Waals surface area contributed by atoms with Crippen LogP contribution in [0.4, 0.5) is 0 Å². The molecule has 4 heteroatoms. The Morgan fingerprint density at radius 3 is 2.62 bits per heavy atom. The number of carbonyl (C=O) groups excluding carboxylic acids is 1. The molecule has 0 atom stereocenters. The number of aryl methyl sites for hydroxylation is 1. The molecule has 16 heavy (non-hydrogen) atoms. The maximum atomic E-state index is 12.0. The topological polar surface area (TPSA) is 29.1 Å². The number of rotatable bonds is 2. The first-order valence-corrected chi connectivity index (χ1v) is 7.20. The van der Waals surface area contributed by atoms with Gasteiger partial charge in [-0.05, 0) is 54.2 Å². The minimum Gasteiger partial charge on any atom is -0.346 e. The van der Waals surface area contributed by atoms with Gasteiger partial charge in [0.05, 0.1) is 8.66 Å². The molecule has 0 saturated heterocycles. The van der Waals surface area contributed by atoms with Crippen LogP contribution in [0.1, 0.15) is 47.8 Å². The molecule has 0 aromatic carbocycles. The minimum atomic E-state index is 0.0153. The molecule has 88 valence electrons. The summed E-state index contributed by atoms with van der Waals surface area (Å²) >= 11 is 4.96. The van der Waals surface area contributed by atoms with Crippen molar-refractivity contribution in [2.24, 2.45) is 0 Å². The van der Waals surface area contributed by atoms with Crippen molar-refractivity contribution < 1.29 is 4.79 Å².